The zero-order valence-corrected chi connectivity index (χ0v) is 7.94. The van der Waals surface area contributed by atoms with Crippen LogP contribution < -0.4 is 0 Å². The van der Waals surface area contributed by atoms with Crippen LogP contribution in [0.15, 0.2) is 11.1 Å². The van der Waals surface area contributed by atoms with Gasteiger partial charge in [-0.1, -0.05) is 13.8 Å². The number of carbonyl (C=O) groups excluding carboxylic acids is 1. The standard InChI is InChI=1S/C9H14O4/c1-4(2)7(10)6-5(3)8(11)13-9(6)12/h4,7-8,10-11H,1-3H3. The highest BCUT2D eigenvalue weighted by Crippen LogP contribution is 2.26. The van der Waals surface area contributed by atoms with Gasteiger partial charge in [0.2, 0.25) is 6.29 Å². The summed E-state index contributed by atoms with van der Waals surface area (Å²) in [6, 6.07) is 0. The second-order valence-electron chi connectivity index (χ2n) is 3.54. The molecular formula is C9H14O4. The number of aliphatic hydroxyl groups excluding tert-OH is 2. The summed E-state index contributed by atoms with van der Waals surface area (Å²) in [7, 11) is 0. The second-order valence-corrected chi connectivity index (χ2v) is 3.54. The van der Waals surface area contributed by atoms with Crippen molar-refractivity contribution >= 4 is 5.97 Å². The molecule has 1 aliphatic rings. The molecule has 1 rings (SSSR count). The Morgan fingerprint density at radius 3 is 2.31 bits per heavy atom. The maximum absolute atomic E-state index is 11.1. The molecule has 1 aliphatic heterocycles. The molecule has 0 amide bonds. The first kappa shape index (κ1) is 10.2. The summed E-state index contributed by atoms with van der Waals surface area (Å²) in [6.45, 7) is 5.17. The van der Waals surface area contributed by atoms with Crippen molar-refractivity contribution in [2.45, 2.75) is 33.2 Å². The van der Waals surface area contributed by atoms with Crippen molar-refractivity contribution in [3.05, 3.63) is 11.1 Å². The monoisotopic (exact) mass is 186 g/mol. The van der Waals surface area contributed by atoms with Gasteiger partial charge in [-0.05, 0) is 12.8 Å². The predicted octanol–water partition coefficient (Wildman–Crippen LogP) is 0.195. The van der Waals surface area contributed by atoms with E-state index in [0.29, 0.717) is 5.57 Å². The second kappa shape index (κ2) is 3.47. The molecule has 0 saturated carbocycles. The van der Waals surface area contributed by atoms with Crippen LogP contribution in [-0.2, 0) is 9.53 Å². The van der Waals surface area contributed by atoms with Crippen molar-refractivity contribution in [2.24, 2.45) is 5.92 Å². The molecule has 2 N–H and O–H groups in total. The lowest BCUT2D eigenvalue weighted by molar-refractivity contribution is -0.152. The molecule has 13 heavy (non-hydrogen) atoms. The molecule has 0 fully saturated rings. The molecule has 0 bridgehead atoms. The lowest BCUT2D eigenvalue weighted by Gasteiger charge is -2.13. The Kier molecular flexibility index (Phi) is 2.73. The third-order valence-electron chi connectivity index (χ3n) is 2.16. The highest BCUT2D eigenvalue weighted by molar-refractivity contribution is 5.93. The quantitative estimate of drug-likeness (QED) is 0.604. The molecule has 0 aromatic rings. The van der Waals surface area contributed by atoms with Crippen molar-refractivity contribution in [3.8, 4) is 0 Å². The number of carbonyl (C=O) groups is 1. The van der Waals surface area contributed by atoms with Gasteiger partial charge in [0.15, 0.2) is 0 Å². The van der Waals surface area contributed by atoms with Gasteiger partial charge in [0, 0.05) is 5.57 Å². The van der Waals surface area contributed by atoms with Crippen LogP contribution in [0, 0.1) is 5.92 Å². The van der Waals surface area contributed by atoms with E-state index in [1.165, 1.54) is 0 Å². The number of hydrogen-bond donors (Lipinski definition) is 2. The SMILES string of the molecule is CC1=C(C(O)C(C)C)C(=O)OC1O. The summed E-state index contributed by atoms with van der Waals surface area (Å²) < 4.78 is 4.54. The van der Waals surface area contributed by atoms with Crippen molar-refractivity contribution in [1.29, 1.82) is 0 Å². The minimum absolute atomic E-state index is 0.0669. The molecule has 2 unspecified atom stereocenters. The fourth-order valence-electron chi connectivity index (χ4n) is 1.23. The fourth-order valence-corrected chi connectivity index (χ4v) is 1.23. The molecule has 4 nitrogen and oxygen atoms in total. The summed E-state index contributed by atoms with van der Waals surface area (Å²) in [4.78, 5) is 11.1. The Hall–Kier alpha value is -0.870. The summed E-state index contributed by atoms with van der Waals surface area (Å²) in [5.74, 6) is -0.686. The summed E-state index contributed by atoms with van der Waals surface area (Å²) in [5.41, 5.74) is 0.605. The third-order valence-corrected chi connectivity index (χ3v) is 2.16. The Morgan fingerprint density at radius 2 is 2.00 bits per heavy atom. The van der Waals surface area contributed by atoms with Crippen LogP contribution in [-0.4, -0.2) is 28.6 Å². The number of ether oxygens (including phenoxy) is 1. The molecule has 4 heteroatoms. The number of cyclic esters (lactones) is 1. The maximum Gasteiger partial charge on any atom is 0.339 e. The van der Waals surface area contributed by atoms with Gasteiger partial charge in [0.25, 0.3) is 0 Å². The topological polar surface area (TPSA) is 66.8 Å². The van der Waals surface area contributed by atoms with Crippen LogP contribution in [0.3, 0.4) is 0 Å². The summed E-state index contributed by atoms with van der Waals surface area (Å²) >= 11 is 0. The van der Waals surface area contributed by atoms with E-state index in [2.05, 4.69) is 4.74 Å². The van der Waals surface area contributed by atoms with Gasteiger partial charge in [0.1, 0.15) is 0 Å². The first-order chi connectivity index (χ1) is 5.95. The van der Waals surface area contributed by atoms with Crippen molar-refractivity contribution < 1.29 is 19.7 Å². The molecule has 0 aromatic heterocycles. The Labute approximate surface area is 76.8 Å². The molecule has 2 atom stereocenters. The van der Waals surface area contributed by atoms with Gasteiger partial charge in [-0.15, -0.1) is 0 Å². The van der Waals surface area contributed by atoms with Gasteiger partial charge in [-0.3, -0.25) is 0 Å². The molecule has 0 aromatic carbocycles. The largest absolute Gasteiger partial charge is 0.428 e. The van der Waals surface area contributed by atoms with E-state index in [0.717, 1.165) is 0 Å². The average Bonchev–Trinajstić information content (AvgIpc) is 2.26. The number of esters is 1. The average molecular weight is 186 g/mol. The van der Waals surface area contributed by atoms with Crippen LogP contribution in [0.5, 0.6) is 0 Å². The highest BCUT2D eigenvalue weighted by Gasteiger charge is 2.35. The minimum Gasteiger partial charge on any atom is -0.428 e. The molecule has 74 valence electrons. The van der Waals surface area contributed by atoms with Crippen LogP contribution in [0.4, 0.5) is 0 Å². The number of aliphatic hydroxyl groups is 2. The predicted molar refractivity (Wildman–Crippen MR) is 45.6 cm³/mol. The molecule has 1 heterocycles. The van der Waals surface area contributed by atoms with Crippen LogP contribution >= 0.6 is 0 Å². The maximum atomic E-state index is 11.1. The lowest BCUT2D eigenvalue weighted by Crippen LogP contribution is -2.22. The van der Waals surface area contributed by atoms with E-state index >= 15 is 0 Å². The van der Waals surface area contributed by atoms with Crippen molar-refractivity contribution in [3.63, 3.8) is 0 Å². The lowest BCUT2D eigenvalue weighted by atomic mass is 9.96. The molecule has 0 radical (unpaired) electrons. The van der Waals surface area contributed by atoms with Crippen molar-refractivity contribution in [2.75, 3.05) is 0 Å². The zero-order chi connectivity index (χ0) is 10.2. The van der Waals surface area contributed by atoms with Gasteiger partial charge in [0.05, 0.1) is 11.7 Å². The highest BCUT2D eigenvalue weighted by atomic mass is 16.6. The summed E-state index contributed by atoms with van der Waals surface area (Å²) in [5, 5.41) is 18.8. The van der Waals surface area contributed by atoms with E-state index in [4.69, 9.17) is 5.11 Å². The number of rotatable bonds is 2. The van der Waals surface area contributed by atoms with Crippen molar-refractivity contribution in [1.82, 2.24) is 0 Å². The molecular weight excluding hydrogens is 172 g/mol. The molecule has 0 aliphatic carbocycles. The molecule has 0 spiro atoms. The van der Waals surface area contributed by atoms with E-state index in [9.17, 15) is 9.90 Å². The third kappa shape index (κ3) is 1.73. The Balaban J connectivity index is 2.95. The van der Waals surface area contributed by atoms with Gasteiger partial charge in [-0.2, -0.15) is 0 Å². The Bertz CT molecular complexity index is 254. The normalized spacial score (nSPS) is 25.4. The van der Waals surface area contributed by atoms with Gasteiger partial charge in [-0.25, -0.2) is 4.79 Å². The van der Waals surface area contributed by atoms with Crippen LogP contribution in [0.2, 0.25) is 0 Å². The van der Waals surface area contributed by atoms with Crippen LogP contribution in [0.1, 0.15) is 20.8 Å². The van der Waals surface area contributed by atoms with Gasteiger partial charge < -0.3 is 14.9 Å². The molecule has 0 saturated heterocycles. The summed E-state index contributed by atoms with van der Waals surface area (Å²) in [6.07, 6.45) is -2.04. The first-order valence-electron chi connectivity index (χ1n) is 4.23. The van der Waals surface area contributed by atoms with E-state index in [1.807, 2.05) is 0 Å². The minimum atomic E-state index is -1.18. The van der Waals surface area contributed by atoms with Crippen LogP contribution in [0.25, 0.3) is 0 Å². The van der Waals surface area contributed by atoms with E-state index in [-0.39, 0.29) is 11.5 Å². The van der Waals surface area contributed by atoms with Gasteiger partial charge >= 0.3 is 5.97 Å². The van der Waals surface area contributed by atoms with E-state index < -0.39 is 18.4 Å². The Morgan fingerprint density at radius 1 is 1.46 bits per heavy atom. The number of hydrogen-bond acceptors (Lipinski definition) is 4. The zero-order valence-electron chi connectivity index (χ0n) is 7.94. The first-order valence-corrected chi connectivity index (χ1v) is 4.23. The fraction of sp³-hybridized carbons (Fsp3) is 0.667. The van der Waals surface area contributed by atoms with E-state index in [1.54, 1.807) is 20.8 Å². The smallest absolute Gasteiger partial charge is 0.339 e.